The minimum Gasteiger partial charge on any atom is -0.393 e. The summed E-state index contributed by atoms with van der Waals surface area (Å²) in [6, 6.07) is 0. The van der Waals surface area contributed by atoms with E-state index in [1.807, 2.05) is 6.08 Å². The summed E-state index contributed by atoms with van der Waals surface area (Å²) in [6.45, 7) is 8.72. The van der Waals surface area contributed by atoms with Gasteiger partial charge in [0.05, 0.1) is 11.7 Å². The molecule has 0 unspecified atom stereocenters. The van der Waals surface area contributed by atoms with Crippen molar-refractivity contribution in [2.45, 2.75) is 76.9 Å². The molecule has 0 bridgehead atoms. The standard InChI is InChI=1S/C21H32O2/c1-4-21(23)12-9-18-16-6-5-14-13-15(22)7-10-19(14,2)17(16)8-11-20(18,21)3/h4-5,15-18,22-23H,1,6-13H2,2-3H3/t15-,16-,17+,18+,19+,20+,21-/m1/s1. The van der Waals surface area contributed by atoms with Gasteiger partial charge in [0.15, 0.2) is 0 Å². The molecule has 0 radical (unpaired) electrons. The van der Waals surface area contributed by atoms with Gasteiger partial charge < -0.3 is 10.2 Å². The molecule has 0 aliphatic heterocycles. The molecular weight excluding hydrogens is 284 g/mol. The molecule has 128 valence electrons. The normalized spacial score (nSPS) is 55.4. The van der Waals surface area contributed by atoms with Gasteiger partial charge in [-0.05, 0) is 74.5 Å². The van der Waals surface area contributed by atoms with Crippen LogP contribution >= 0.6 is 0 Å². The Morgan fingerprint density at radius 2 is 1.87 bits per heavy atom. The minimum atomic E-state index is -0.670. The van der Waals surface area contributed by atoms with E-state index in [2.05, 4.69) is 26.5 Å². The van der Waals surface area contributed by atoms with Gasteiger partial charge in [0.25, 0.3) is 0 Å². The van der Waals surface area contributed by atoms with Crippen molar-refractivity contribution in [2.75, 3.05) is 0 Å². The maximum Gasteiger partial charge on any atom is 0.0881 e. The molecule has 3 fully saturated rings. The second-order valence-corrected chi connectivity index (χ2v) is 9.28. The molecular formula is C21H32O2. The molecule has 7 atom stereocenters. The summed E-state index contributed by atoms with van der Waals surface area (Å²) in [5.74, 6) is 2.05. The van der Waals surface area contributed by atoms with Crippen molar-refractivity contribution in [1.29, 1.82) is 0 Å². The highest BCUT2D eigenvalue weighted by Crippen LogP contribution is 2.67. The van der Waals surface area contributed by atoms with E-state index in [1.165, 1.54) is 12.0 Å². The first-order valence-corrected chi connectivity index (χ1v) is 9.58. The molecule has 3 saturated carbocycles. The van der Waals surface area contributed by atoms with Gasteiger partial charge in [-0.2, -0.15) is 0 Å². The Bertz CT molecular complexity index is 552. The lowest BCUT2D eigenvalue weighted by Crippen LogP contribution is -2.54. The number of aliphatic hydroxyl groups is 2. The molecule has 23 heavy (non-hydrogen) atoms. The summed E-state index contributed by atoms with van der Waals surface area (Å²) in [4.78, 5) is 0. The number of rotatable bonds is 1. The maximum atomic E-state index is 11.1. The fraction of sp³-hybridized carbons (Fsp3) is 0.810. The van der Waals surface area contributed by atoms with Crippen LogP contribution in [-0.4, -0.2) is 21.9 Å². The average molecular weight is 316 g/mol. The van der Waals surface area contributed by atoms with Crippen LogP contribution in [0.5, 0.6) is 0 Å². The lowest BCUT2D eigenvalue weighted by molar-refractivity contribution is -0.101. The van der Waals surface area contributed by atoms with Gasteiger partial charge in [-0.1, -0.05) is 31.6 Å². The zero-order chi connectivity index (χ0) is 16.5. The Morgan fingerprint density at radius 3 is 2.61 bits per heavy atom. The minimum absolute atomic E-state index is 0.00575. The second kappa shape index (κ2) is 4.95. The van der Waals surface area contributed by atoms with Crippen molar-refractivity contribution in [3.8, 4) is 0 Å². The van der Waals surface area contributed by atoms with Crippen molar-refractivity contribution in [3.63, 3.8) is 0 Å². The Balaban J connectivity index is 1.69. The smallest absolute Gasteiger partial charge is 0.0881 e. The highest BCUT2D eigenvalue weighted by molar-refractivity contribution is 5.27. The van der Waals surface area contributed by atoms with Crippen molar-refractivity contribution >= 4 is 0 Å². The second-order valence-electron chi connectivity index (χ2n) is 9.28. The molecule has 0 aromatic rings. The molecule has 0 heterocycles. The molecule has 4 aliphatic carbocycles. The van der Waals surface area contributed by atoms with E-state index in [1.54, 1.807) is 0 Å². The van der Waals surface area contributed by atoms with Crippen LogP contribution in [0.15, 0.2) is 24.3 Å². The van der Waals surface area contributed by atoms with E-state index < -0.39 is 5.60 Å². The molecule has 4 rings (SSSR count). The molecule has 2 nitrogen and oxygen atoms in total. The summed E-state index contributed by atoms with van der Waals surface area (Å²) < 4.78 is 0. The molecule has 0 amide bonds. The average Bonchev–Trinajstić information content (AvgIpc) is 2.80. The Morgan fingerprint density at radius 1 is 1.13 bits per heavy atom. The van der Waals surface area contributed by atoms with E-state index >= 15 is 0 Å². The predicted octanol–water partition coefficient (Wildman–Crippen LogP) is 4.23. The highest BCUT2D eigenvalue weighted by atomic mass is 16.3. The van der Waals surface area contributed by atoms with E-state index in [9.17, 15) is 10.2 Å². The van der Waals surface area contributed by atoms with Gasteiger partial charge in [0, 0.05) is 5.41 Å². The molecule has 0 spiro atoms. The van der Waals surface area contributed by atoms with Gasteiger partial charge in [-0.25, -0.2) is 0 Å². The van der Waals surface area contributed by atoms with E-state index in [-0.39, 0.29) is 11.5 Å². The van der Waals surface area contributed by atoms with Crippen molar-refractivity contribution in [2.24, 2.45) is 28.6 Å². The number of hydrogen-bond donors (Lipinski definition) is 2. The third kappa shape index (κ3) is 1.94. The summed E-state index contributed by atoms with van der Waals surface area (Å²) in [5.41, 5.74) is 1.15. The monoisotopic (exact) mass is 316 g/mol. The van der Waals surface area contributed by atoms with Gasteiger partial charge >= 0.3 is 0 Å². The van der Waals surface area contributed by atoms with E-state index in [0.29, 0.717) is 17.3 Å². The van der Waals surface area contributed by atoms with Crippen LogP contribution < -0.4 is 0 Å². The summed E-state index contributed by atoms with van der Waals surface area (Å²) in [5, 5.41) is 21.2. The largest absolute Gasteiger partial charge is 0.393 e. The molecule has 4 aliphatic rings. The van der Waals surface area contributed by atoms with E-state index in [0.717, 1.165) is 50.9 Å². The maximum absolute atomic E-state index is 11.1. The summed E-state index contributed by atoms with van der Waals surface area (Å²) >= 11 is 0. The van der Waals surface area contributed by atoms with Crippen LogP contribution in [0.4, 0.5) is 0 Å². The first-order chi connectivity index (χ1) is 10.8. The van der Waals surface area contributed by atoms with Crippen LogP contribution in [0, 0.1) is 28.6 Å². The molecule has 0 aromatic carbocycles. The first-order valence-electron chi connectivity index (χ1n) is 9.58. The topological polar surface area (TPSA) is 40.5 Å². The number of hydrogen-bond acceptors (Lipinski definition) is 2. The third-order valence-corrected chi connectivity index (χ3v) is 8.63. The lowest BCUT2D eigenvalue weighted by atomic mass is 9.47. The number of aliphatic hydroxyl groups excluding tert-OH is 1. The SMILES string of the molecule is C=C[C@@]1(O)CC[C@H]2[C@@H]3CC=C4C[C@H](O)CC[C@]4(C)[C@H]3CC[C@@]21C. The molecule has 2 N–H and O–H groups in total. The van der Waals surface area contributed by atoms with Crippen LogP contribution in [0.2, 0.25) is 0 Å². The van der Waals surface area contributed by atoms with Crippen LogP contribution in [-0.2, 0) is 0 Å². The number of fused-ring (bicyclic) bond motifs is 5. The Hall–Kier alpha value is -0.600. The third-order valence-electron chi connectivity index (χ3n) is 8.63. The van der Waals surface area contributed by atoms with E-state index in [4.69, 9.17) is 0 Å². The zero-order valence-corrected chi connectivity index (χ0v) is 14.7. The van der Waals surface area contributed by atoms with Gasteiger partial charge in [0.2, 0.25) is 0 Å². The predicted molar refractivity (Wildman–Crippen MR) is 92.9 cm³/mol. The van der Waals surface area contributed by atoms with Crippen LogP contribution in [0.1, 0.15) is 65.2 Å². The molecule has 0 saturated heterocycles. The quantitative estimate of drug-likeness (QED) is 0.711. The van der Waals surface area contributed by atoms with Crippen LogP contribution in [0.25, 0.3) is 0 Å². The number of allylic oxidation sites excluding steroid dienone is 1. The highest BCUT2D eigenvalue weighted by Gasteiger charge is 2.62. The lowest BCUT2D eigenvalue weighted by Gasteiger charge is -2.58. The molecule has 2 heteroatoms. The summed E-state index contributed by atoms with van der Waals surface area (Å²) in [7, 11) is 0. The Labute approximate surface area is 140 Å². The van der Waals surface area contributed by atoms with Gasteiger partial charge in [-0.3, -0.25) is 0 Å². The van der Waals surface area contributed by atoms with Gasteiger partial charge in [-0.15, -0.1) is 6.58 Å². The fourth-order valence-corrected chi connectivity index (χ4v) is 7.03. The molecule has 0 aromatic heterocycles. The van der Waals surface area contributed by atoms with Gasteiger partial charge in [0.1, 0.15) is 0 Å². The zero-order valence-electron chi connectivity index (χ0n) is 14.7. The summed E-state index contributed by atoms with van der Waals surface area (Å²) in [6.07, 6.45) is 12.6. The van der Waals surface area contributed by atoms with Crippen molar-refractivity contribution < 1.29 is 10.2 Å². The first kappa shape index (κ1) is 15.9. The van der Waals surface area contributed by atoms with Crippen LogP contribution in [0.3, 0.4) is 0 Å². The fourth-order valence-electron chi connectivity index (χ4n) is 7.03. The van der Waals surface area contributed by atoms with Crippen molar-refractivity contribution in [1.82, 2.24) is 0 Å². The Kier molecular flexibility index (Phi) is 3.42. The van der Waals surface area contributed by atoms with Crippen molar-refractivity contribution in [3.05, 3.63) is 24.3 Å².